The summed E-state index contributed by atoms with van der Waals surface area (Å²) in [6.07, 6.45) is 0. The van der Waals surface area contributed by atoms with Crippen LogP contribution in [0.1, 0.15) is 49.9 Å². The molecule has 0 saturated carbocycles. The highest BCUT2D eigenvalue weighted by molar-refractivity contribution is 7.22. The van der Waals surface area contributed by atoms with Crippen molar-refractivity contribution in [2.24, 2.45) is 0 Å². The van der Waals surface area contributed by atoms with Crippen molar-refractivity contribution < 1.29 is 0 Å². The van der Waals surface area contributed by atoms with Crippen LogP contribution in [0.2, 0.25) is 0 Å². The lowest BCUT2D eigenvalue weighted by atomic mass is 9.82. The van der Waals surface area contributed by atoms with Crippen LogP contribution in [0.3, 0.4) is 0 Å². The van der Waals surface area contributed by atoms with E-state index in [9.17, 15) is 0 Å². The molecule has 12 rings (SSSR count). The first kappa shape index (κ1) is 36.8. The molecule has 0 unspecified atom stereocenters. The Morgan fingerprint density at radius 1 is 0.339 bits per heavy atom. The fourth-order valence-corrected chi connectivity index (χ4v) is 16.8. The number of benzene rings is 9. The highest BCUT2D eigenvalue weighted by Crippen LogP contribution is 2.54. The first-order valence-corrected chi connectivity index (χ1v) is 24.0. The predicted molar refractivity (Wildman–Crippen MR) is 264 cm³/mol. The van der Waals surface area contributed by atoms with Gasteiger partial charge in [0.15, 0.2) is 8.07 Å². The maximum atomic E-state index is 2.59. The van der Waals surface area contributed by atoms with Gasteiger partial charge < -0.3 is 4.90 Å². The van der Waals surface area contributed by atoms with Crippen molar-refractivity contribution >= 4 is 45.9 Å². The fraction of sp³-hybridized carbons (Fsp3) is 0.100. The molecule has 296 valence electrons. The van der Waals surface area contributed by atoms with Crippen molar-refractivity contribution in [3.05, 3.63) is 235 Å². The van der Waals surface area contributed by atoms with E-state index in [2.05, 4.69) is 245 Å². The Kier molecular flexibility index (Phi) is 8.02. The van der Waals surface area contributed by atoms with Gasteiger partial charge in [0, 0.05) is 27.8 Å². The van der Waals surface area contributed by atoms with Gasteiger partial charge in [-0.2, -0.15) is 0 Å². The first-order chi connectivity index (χ1) is 30.3. The van der Waals surface area contributed by atoms with Gasteiger partial charge in [-0.1, -0.05) is 210 Å². The molecule has 0 saturated heterocycles. The minimum Gasteiger partial charge on any atom is -0.310 e. The standard InChI is InChI=1S/C60H47NSi/c1-59(2)51-27-16-14-25-46(51)48-35-32-42(38-53(48)59)61(43-33-36-49-47-26-15-17-28-52(47)60(3,4)54(49)39-43)55-29-18-30-56-58(55)50-34-31-41(40-19-8-5-9-20-40)37-57(50)62(56,44-21-10-6-11-22-44)45-23-12-7-13-24-45/h5-39H,1-4H3. The molecule has 1 nitrogen and oxygen atoms in total. The van der Waals surface area contributed by atoms with Crippen LogP contribution >= 0.6 is 0 Å². The molecule has 0 spiro atoms. The van der Waals surface area contributed by atoms with Crippen molar-refractivity contribution in [2.45, 2.75) is 38.5 Å². The molecule has 9 aromatic carbocycles. The maximum absolute atomic E-state index is 2.86. The summed E-state index contributed by atoms with van der Waals surface area (Å²) in [5.74, 6) is 0. The molecule has 2 aliphatic carbocycles. The fourth-order valence-electron chi connectivity index (χ4n) is 11.6. The number of hydrogen-bond donors (Lipinski definition) is 0. The maximum Gasteiger partial charge on any atom is 0.180 e. The van der Waals surface area contributed by atoms with Crippen LogP contribution < -0.4 is 25.6 Å². The first-order valence-electron chi connectivity index (χ1n) is 22.0. The van der Waals surface area contributed by atoms with E-state index < -0.39 is 8.07 Å². The summed E-state index contributed by atoms with van der Waals surface area (Å²) >= 11 is 0. The van der Waals surface area contributed by atoms with E-state index in [-0.39, 0.29) is 10.8 Å². The Hall–Kier alpha value is -7.00. The summed E-state index contributed by atoms with van der Waals surface area (Å²) in [6.45, 7) is 9.56. The van der Waals surface area contributed by atoms with Crippen LogP contribution in [0.5, 0.6) is 0 Å². The van der Waals surface area contributed by atoms with Crippen molar-refractivity contribution in [1.82, 2.24) is 0 Å². The molecule has 1 heterocycles. The molecule has 0 amide bonds. The van der Waals surface area contributed by atoms with Gasteiger partial charge in [-0.3, -0.25) is 0 Å². The minimum absolute atomic E-state index is 0.142. The zero-order valence-corrected chi connectivity index (χ0v) is 36.7. The zero-order chi connectivity index (χ0) is 41.8. The monoisotopic (exact) mass is 809 g/mol. The van der Waals surface area contributed by atoms with Crippen LogP contribution in [-0.4, -0.2) is 8.07 Å². The average molecular weight is 810 g/mol. The Bertz CT molecular complexity index is 3090. The third-order valence-corrected chi connectivity index (χ3v) is 19.4. The van der Waals surface area contributed by atoms with Crippen molar-refractivity contribution in [3.63, 3.8) is 0 Å². The molecule has 9 aromatic rings. The quantitative estimate of drug-likeness (QED) is 0.151. The average Bonchev–Trinajstić information content (AvgIpc) is 3.84. The summed E-state index contributed by atoms with van der Waals surface area (Å²) in [7, 11) is -2.86. The lowest BCUT2D eigenvalue weighted by molar-refractivity contribution is 0.660. The summed E-state index contributed by atoms with van der Waals surface area (Å²) in [5.41, 5.74) is 19.3. The Balaban J connectivity index is 1.17. The molecule has 0 aromatic heterocycles. The van der Waals surface area contributed by atoms with Crippen molar-refractivity contribution in [3.8, 4) is 44.5 Å². The molecular formula is C60H47NSi. The lowest BCUT2D eigenvalue weighted by Gasteiger charge is -2.33. The van der Waals surface area contributed by atoms with E-state index in [0.717, 1.165) is 0 Å². The van der Waals surface area contributed by atoms with Crippen LogP contribution in [0.4, 0.5) is 17.1 Å². The van der Waals surface area contributed by atoms with Crippen molar-refractivity contribution in [2.75, 3.05) is 4.90 Å². The molecule has 0 N–H and O–H groups in total. The van der Waals surface area contributed by atoms with Crippen LogP contribution in [-0.2, 0) is 10.8 Å². The smallest absolute Gasteiger partial charge is 0.180 e. The van der Waals surface area contributed by atoms with Gasteiger partial charge in [0.1, 0.15) is 0 Å². The third kappa shape index (κ3) is 5.08. The molecular weight excluding hydrogens is 763 g/mol. The molecule has 3 aliphatic rings. The van der Waals surface area contributed by atoms with Gasteiger partial charge in [-0.05, 0) is 112 Å². The zero-order valence-electron chi connectivity index (χ0n) is 35.7. The van der Waals surface area contributed by atoms with E-state index in [4.69, 9.17) is 0 Å². The molecule has 0 fully saturated rings. The highest BCUT2D eigenvalue weighted by atomic mass is 28.3. The van der Waals surface area contributed by atoms with Gasteiger partial charge >= 0.3 is 0 Å². The largest absolute Gasteiger partial charge is 0.310 e. The van der Waals surface area contributed by atoms with Gasteiger partial charge in [-0.25, -0.2) is 0 Å². The van der Waals surface area contributed by atoms with Crippen molar-refractivity contribution in [1.29, 1.82) is 0 Å². The Morgan fingerprint density at radius 2 is 0.806 bits per heavy atom. The second-order valence-corrected chi connectivity index (χ2v) is 22.2. The SMILES string of the molecule is CC1(C)c2ccccc2-c2ccc(N(c3ccc4c(c3)C(C)(C)c3ccccc3-4)c3cccc4c3-c3ccc(-c5ccccc5)cc3[Si]4(c3ccccc3)c3ccccc3)cc21. The summed E-state index contributed by atoms with van der Waals surface area (Å²) in [4.78, 5) is 2.59. The van der Waals surface area contributed by atoms with E-state index in [1.165, 1.54) is 105 Å². The van der Waals surface area contributed by atoms with E-state index >= 15 is 0 Å². The van der Waals surface area contributed by atoms with Gasteiger partial charge in [0.25, 0.3) is 0 Å². The summed E-state index contributed by atoms with van der Waals surface area (Å²) < 4.78 is 0. The second kappa shape index (κ2) is 13.5. The normalized spacial score (nSPS) is 15.2. The molecule has 0 atom stereocenters. The van der Waals surface area contributed by atoms with E-state index in [1.807, 2.05) is 0 Å². The van der Waals surface area contributed by atoms with E-state index in [1.54, 1.807) is 0 Å². The molecule has 2 heteroatoms. The number of hydrogen-bond acceptors (Lipinski definition) is 1. The predicted octanol–water partition coefficient (Wildman–Crippen LogP) is 12.8. The highest BCUT2D eigenvalue weighted by Gasteiger charge is 2.50. The number of fused-ring (bicyclic) bond motifs is 9. The topological polar surface area (TPSA) is 3.24 Å². The molecule has 62 heavy (non-hydrogen) atoms. The van der Waals surface area contributed by atoms with Crippen LogP contribution in [0.25, 0.3) is 44.5 Å². The summed E-state index contributed by atoms with van der Waals surface area (Å²) in [6, 6.07) is 80.6. The lowest BCUT2D eigenvalue weighted by Crippen LogP contribution is -2.72. The van der Waals surface area contributed by atoms with Gasteiger partial charge in [0.2, 0.25) is 0 Å². The second-order valence-electron chi connectivity index (χ2n) is 18.4. The number of rotatable bonds is 6. The molecule has 1 aliphatic heterocycles. The number of nitrogens with zero attached hydrogens (tertiary/aromatic N) is 1. The van der Waals surface area contributed by atoms with E-state index in [0.29, 0.717) is 0 Å². The van der Waals surface area contributed by atoms with Crippen LogP contribution in [0.15, 0.2) is 212 Å². The van der Waals surface area contributed by atoms with Crippen LogP contribution in [0, 0.1) is 0 Å². The molecule has 0 bridgehead atoms. The number of anilines is 3. The minimum atomic E-state index is -2.86. The van der Waals surface area contributed by atoms with Gasteiger partial charge in [-0.15, -0.1) is 0 Å². The Morgan fingerprint density at radius 3 is 1.35 bits per heavy atom. The Labute approximate surface area is 366 Å². The van der Waals surface area contributed by atoms with Gasteiger partial charge in [0.05, 0.1) is 5.69 Å². The summed E-state index contributed by atoms with van der Waals surface area (Å²) in [5, 5.41) is 5.67. The third-order valence-electron chi connectivity index (χ3n) is 14.6. The molecule has 0 radical (unpaired) electrons.